The first-order valence-corrected chi connectivity index (χ1v) is 7.41. The van der Waals surface area contributed by atoms with Crippen molar-refractivity contribution >= 4 is 0 Å². The molecule has 2 nitrogen and oxygen atoms in total. The van der Waals surface area contributed by atoms with Crippen molar-refractivity contribution in [2.75, 3.05) is 26.2 Å². The van der Waals surface area contributed by atoms with Gasteiger partial charge in [-0.05, 0) is 44.1 Å². The van der Waals surface area contributed by atoms with Crippen LogP contribution in [-0.4, -0.2) is 48.1 Å². The third-order valence-corrected chi connectivity index (χ3v) is 5.65. The Hall–Kier alpha value is -0.0800. The van der Waals surface area contributed by atoms with Crippen LogP contribution in [0.25, 0.3) is 0 Å². The number of rotatable bonds is 1. The summed E-state index contributed by atoms with van der Waals surface area (Å²) in [4.78, 5) is 5.61. The highest BCUT2D eigenvalue weighted by Crippen LogP contribution is 2.53. The molecule has 2 saturated carbocycles. The molecule has 2 saturated heterocycles. The van der Waals surface area contributed by atoms with Crippen LogP contribution in [0, 0.1) is 11.8 Å². The van der Waals surface area contributed by atoms with E-state index < -0.39 is 0 Å². The minimum atomic E-state index is 0.927. The fourth-order valence-electron chi connectivity index (χ4n) is 4.78. The lowest BCUT2D eigenvalue weighted by atomic mass is 10.0. The van der Waals surface area contributed by atoms with Crippen LogP contribution in [0.1, 0.15) is 38.5 Å². The van der Waals surface area contributed by atoms with Gasteiger partial charge in [-0.15, -0.1) is 0 Å². The Labute approximate surface area is 99.0 Å². The fourth-order valence-corrected chi connectivity index (χ4v) is 4.78. The Kier molecular flexibility index (Phi) is 2.29. The average molecular weight is 220 g/mol. The first kappa shape index (κ1) is 9.90. The van der Waals surface area contributed by atoms with E-state index in [0.29, 0.717) is 0 Å². The van der Waals surface area contributed by atoms with Crippen LogP contribution in [0.4, 0.5) is 0 Å². The van der Waals surface area contributed by atoms with E-state index in [-0.39, 0.29) is 0 Å². The summed E-state index contributed by atoms with van der Waals surface area (Å²) in [7, 11) is 0. The van der Waals surface area contributed by atoms with Gasteiger partial charge >= 0.3 is 0 Å². The third-order valence-electron chi connectivity index (χ3n) is 5.65. The molecule has 0 amide bonds. The van der Waals surface area contributed by atoms with Crippen LogP contribution < -0.4 is 0 Å². The quantitative estimate of drug-likeness (QED) is 0.666. The lowest BCUT2D eigenvalue weighted by Crippen LogP contribution is -2.51. The zero-order valence-electron chi connectivity index (χ0n) is 10.3. The van der Waals surface area contributed by atoms with Gasteiger partial charge in [-0.3, -0.25) is 9.80 Å². The second-order valence-electron chi connectivity index (χ2n) is 6.43. The minimum Gasteiger partial charge on any atom is -0.298 e. The lowest BCUT2D eigenvalue weighted by molar-refractivity contribution is 0.0921. The molecule has 3 unspecified atom stereocenters. The molecule has 16 heavy (non-hydrogen) atoms. The van der Waals surface area contributed by atoms with Crippen LogP contribution >= 0.6 is 0 Å². The highest BCUT2D eigenvalue weighted by Gasteiger charge is 2.54. The summed E-state index contributed by atoms with van der Waals surface area (Å²) in [6.07, 6.45) is 9.04. The average Bonchev–Trinajstić information content (AvgIpc) is 2.87. The first-order valence-electron chi connectivity index (χ1n) is 7.41. The summed E-state index contributed by atoms with van der Waals surface area (Å²) in [5.74, 6) is 2.23. The Morgan fingerprint density at radius 3 is 2.25 bits per heavy atom. The molecule has 0 N–H and O–H groups in total. The molecule has 2 aliphatic heterocycles. The molecule has 0 bridgehead atoms. The summed E-state index contributed by atoms with van der Waals surface area (Å²) in [6, 6.07) is 1.95. The van der Waals surface area contributed by atoms with Gasteiger partial charge in [-0.25, -0.2) is 0 Å². The second-order valence-corrected chi connectivity index (χ2v) is 6.43. The molecule has 90 valence electrons. The van der Waals surface area contributed by atoms with Gasteiger partial charge in [0.2, 0.25) is 0 Å². The Bertz CT molecular complexity index is 266. The number of hydrogen-bond acceptors (Lipinski definition) is 2. The predicted octanol–water partition coefficient (Wildman–Crippen LogP) is 1.96. The largest absolute Gasteiger partial charge is 0.298 e. The number of fused-ring (bicyclic) bond motifs is 2. The molecule has 2 heterocycles. The fraction of sp³-hybridized carbons (Fsp3) is 1.00. The van der Waals surface area contributed by atoms with Gasteiger partial charge in [-0.1, -0.05) is 12.8 Å². The molecule has 0 aromatic carbocycles. The molecule has 0 radical (unpaired) electrons. The van der Waals surface area contributed by atoms with Crippen molar-refractivity contribution in [1.29, 1.82) is 0 Å². The zero-order valence-corrected chi connectivity index (χ0v) is 10.3. The molecule has 0 spiro atoms. The maximum atomic E-state index is 2.87. The second kappa shape index (κ2) is 3.71. The molecule has 2 heteroatoms. The van der Waals surface area contributed by atoms with E-state index in [1.165, 1.54) is 51.9 Å². The topological polar surface area (TPSA) is 6.48 Å². The maximum Gasteiger partial charge on any atom is 0.0224 e. The van der Waals surface area contributed by atoms with Crippen molar-refractivity contribution < 1.29 is 0 Å². The van der Waals surface area contributed by atoms with Crippen molar-refractivity contribution in [2.45, 2.75) is 50.6 Å². The monoisotopic (exact) mass is 220 g/mol. The van der Waals surface area contributed by atoms with Gasteiger partial charge in [0, 0.05) is 31.7 Å². The lowest BCUT2D eigenvalue weighted by Gasteiger charge is -2.38. The molecule has 4 fully saturated rings. The summed E-state index contributed by atoms with van der Waals surface area (Å²) in [5.41, 5.74) is 0. The van der Waals surface area contributed by atoms with E-state index in [9.17, 15) is 0 Å². The highest BCUT2D eigenvalue weighted by molar-refractivity contribution is 5.07. The number of nitrogens with zero attached hydrogens (tertiary/aromatic N) is 2. The third kappa shape index (κ3) is 1.46. The van der Waals surface area contributed by atoms with E-state index in [1.807, 2.05) is 0 Å². The van der Waals surface area contributed by atoms with Crippen molar-refractivity contribution in [3.05, 3.63) is 0 Å². The molecule has 4 aliphatic rings. The molecule has 3 atom stereocenters. The van der Waals surface area contributed by atoms with Crippen molar-refractivity contribution in [3.8, 4) is 0 Å². The smallest absolute Gasteiger partial charge is 0.0224 e. The van der Waals surface area contributed by atoms with Crippen LogP contribution in [0.5, 0.6) is 0 Å². The molecule has 0 aromatic rings. The standard InChI is InChI=1S/C14H24N2/c1-2-6-13-12(5-1)14(13)16-9-8-15-7-3-4-11(15)10-16/h11-14H,1-10H2. The summed E-state index contributed by atoms with van der Waals surface area (Å²) < 4.78 is 0. The number of hydrogen-bond donors (Lipinski definition) is 0. The Morgan fingerprint density at radius 2 is 1.44 bits per heavy atom. The van der Waals surface area contributed by atoms with Crippen LogP contribution in [0.2, 0.25) is 0 Å². The van der Waals surface area contributed by atoms with E-state index in [1.54, 1.807) is 12.8 Å². The minimum absolute atomic E-state index is 0.927. The Morgan fingerprint density at radius 1 is 0.688 bits per heavy atom. The SMILES string of the molecule is C1CCC2C(C1)C2N1CCN2CCCC2C1. The Balaban J connectivity index is 1.42. The summed E-state index contributed by atoms with van der Waals surface area (Å²) >= 11 is 0. The van der Waals surface area contributed by atoms with Crippen LogP contribution in [0.15, 0.2) is 0 Å². The molecule has 2 aliphatic carbocycles. The summed E-state index contributed by atoms with van der Waals surface area (Å²) in [6.45, 7) is 5.52. The van der Waals surface area contributed by atoms with E-state index in [0.717, 1.165) is 23.9 Å². The van der Waals surface area contributed by atoms with Crippen LogP contribution in [-0.2, 0) is 0 Å². The van der Waals surface area contributed by atoms with Gasteiger partial charge in [0.05, 0.1) is 0 Å². The number of piperazine rings is 1. The molecule has 4 rings (SSSR count). The van der Waals surface area contributed by atoms with Crippen molar-refractivity contribution in [1.82, 2.24) is 9.80 Å². The molecular weight excluding hydrogens is 196 g/mol. The first-order chi connectivity index (χ1) is 7.93. The zero-order chi connectivity index (χ0) is 10.5. The highest BCUT2D eigenvalue weighted by atomic mass is 15.3. The van der Waals surface area contributed by atoms with E-state index in [2.05, 4.69) is 9.80 Å². The van der Waals surface area contributed by atoms with Gasteiger partial charge in [-0.2, -0.15) is 0 Å². The summed E-state index contributed by atoms with van der Waals surface area (Å²) in [5, 5.41) is 0. The predicted molar refractivity (Wildman–Crippen MR) is 65.4 cm³/mol. The molecular formula is C14H24N2. The van der Waals surface area contributed by atoms with Gasteiger partial charge < -0.3 is 0 Å². The maximum absolute atomic E-state index is 2.87. The molecule has 0 aromatic heterocycles. The van der Waals surface area contributed by atoms with Crippen molar-refractivity contribution in [2.24, 2.45) is 11.8 Å². The van der Waals surface area contributed by atoms with Crippen molar-refractivity contribution in [3.63, 3.8) is 0 Å². The van der Waals surface area contributed by atoms with E-state index >= 15 is 0 Å². The van der Waals surface area contributed by atoms with Crippen LogP contribution in [0.3, 0.4) is 0 Å². The van der Waals surface area contributed by atoms with Gasteiger partial charge in [0.25, 0.3) is 0 Å². The van der Waals surface area contributed by atoms with Gasteiger partial charge in [0.1, 0.15) is 0 Å². The van der Waals surface area contributed by atoms with Gasteiger partial charge in [0.15, 0.2) is 0 Å². The normalized spacial score (nSPS) is 48.8. The van der Waals surface area contributed by atoms with E-state index in [4.69, 9.17) is 0 Å².